The van der Waals surface area contributed by atoms with E-state index in [-0.39, 0.29) is 0 Å². The van der Waals surface area contributed by atoms with Crippen molar-refractivity contribution in [2.24, 2.45) is 0 Å². The van der Waals surface area contributed by atoms with Gasteiger partial charge in [0.05, 0.1) is 21.7 Å². The van der Waals surface area contributed by atoms with Crippen molar-refractivity contribution in [2.75, 3.05) is 0 Å². The van der Waals surface area contributed by atoms with E-state index in [2.05, 4.69) is 25.1 Å². The molecule has 4 rings (SSSR count). The minimum atomic E-state index is -0.919. The maximum atomic E-state index is 11.7. The molecule has 0 unspecified atom stereocenters. The zero-order valence-electron chi connectivity index (χ0n) is 13.1. The van der Waals surface area contributed by atoms with Crippen molar-refractivity contribution in [1.82, 2.24) is 4.98 Å². The van der Waals surface area contributed by atoms with E-state index in [4.69, 9.17) is 4.98 Å². The van der Waals surface area contributed by atoms with Gasteiger partial charge in [0.15, 0.2) is 0 Å². The molecule has 4 aromatic rings. The van der Waals surface area contributed by atoms with Gasteiger partial charge in [-0.1, -0.05) is 43.3 Å². The lowest BCUT2D eigenvalue weighted by atomic mass is 10.0. The van der Waals surface area contributed by atoms with Crippen LogP contribution < -0.4 is 0 Å². The van der Waals surface area contributed by atoms with Crippen molar-refractivity contribution in [3.63, 3.8) is 0 Å². The van der Waals surface area contributed by atoms with Crippen LogP contribution in [-0.4, -0.2) is 16.1 Å². The zero-order valence-corrected chi connectivity index (χ0v) is 13.9. The van der Waals surface area contributed by atoms with Gasteiger partial charge in [-0.3, -0.25) is 0 Å². The molecule has 24 heavy (non-hydrogen) atoms. The largest absolute Gasteiger partial charge is 0.478 e. The highest BCUT2D eigenvalue weighted by Gasteiger charge is 2.15. The molecule has 0 fully saturated rings. The first-order chi connectivity index (χ1) is 11.7. The Morgan fingerprint density at radius 3 is 2.71 bits per heavy atom. The lowest BCUT2D eigenvalue weighted by molar-refractivity contribution is 0.0699. The molecule has 0 saturated heterocycles. The van der Waals surface area contributed by atoms with Crippen LogP contribution in [0.25, 0.3) is 31.6 Å². The number of aromatic nitrogens is 1. The van der Waals surface area contributed by atoms with Gasteiger partial charge in [0, 0.05) is 10.1 Å². The van der Waals surface area contributed by atoms with Crippen LogP contribution in [0.1, 0.15) is 22.8 Å². The highest BCUT2D eigenvalue weighted by atomic mass is 32.1. The number of para-hydroxylation sites is 1. The fraction of sp³-hybridized carbons (Fsp3) is 0.100. The second-order valence-electron chi connectivity index (χ2n) is 5.68. The molecule has 0 atom stereocenters. The van der Waals surface area contributed by atoms with Crippen LogP contribution in [0.5, 0.6) is 0 Å². The van der Waals surface area contributed by atoms with E-state index >= 15 is 0 Å². The van der Waals surface area contributed by atoms with Gasteiger partial charge in [0.25, 0.3) is 0 Å². The molecule has 4 heteroatoms. The maximum absolute atomic E-state index is 11.7. The third-order valence-electron chi connectivity index (χ3n) is 4.21. The number of aromatic carboxylic acids is 1. The van der Waals surface area contributed by atoms with Gasteiger partial charge in [0.2, 0.25) is 0 Å². The molecule has 0 aliphatic rings. The van der Waals surface area contributed by atoms with E-state index in [9.17, 15) is 9.90 Å². The number of carboxylic acids is 1. The minimum Gasteiger partial charge on any atom is -0.478 e. The summed E-state index contributed by atoms with van der Waals surface area (Å²) in [5, 5.41) is 11.5. The van der Waals surface area contributed by atoms with Gasteiger partial charge >= 0.3 is 5.97 Å². The topological polar surface area (TPSA) is 50.2 Å². The van der Waals surface area contributed by atoms with Crippen LogP contribution in [-0.2, 0) is 6.42 Å². The van der Waals surface area contributed by atoms with Crippen LogP contribution in [0.2, 0.25) is 0 Å². The van der Waals surface area contributed by atoms with Crippen molar-refractivity contribution in [1.29, 1.82) is 0 Å². The Morgan fingerprint density at radius 1 is 1.12 bits per heavy atom. The van der Waals surface area contributed by atoms with Gasteiger partial charge in [0.1, 0.15) is 0 Å². The van der Waals surface area contributed by atoms with Gasteiger partial charge in [-0.05, 0) is 35.6 Å². The quantitative estimate of drug-likeness (QED) is 0.548. The van der Waals surface area contributed by atoms with Crippen molar-refractivity contribution in [2.45, 2.75) is 13.3 Å². The third kappa shape index (κ3) is 2.36. The molecule has 0 aliphatic heterocycles. The van der Waals surface area contributed by atoms with Crippen molar-refractivity contribution in [3.8, 4) is 10.6 Å². The molecule has 2 aromatic heterocycles. The molecule has 1 N–H and O–H groups in total. The molecular formula is C20H15NO2S. The Hall–Kier alpha value is -2.72. The molecule has 0 radical (unpaired) electrons. The molecular weight excluding hydrogens is 318 g/mol. The monoisotopic (exact) mass is 333 g/mol. The number of pyridine rings is 1. The predicted octanol–water partition coefficient (Wildman–Crippen LogP) is 5.38. The molecule has 3 nitrogen and oxygen atoms in total. The highest BCUT2D eigenvalue weighted by molar-refractivity contribution is 7.22. The van der Waals surface area contributed by atoms with Crippen LogP contribution in [0.3, 0.4) is 0 Å². The Labute approximate surface area is 143 Å². The number of hydrogen-bond donors (Lipinski definition) is 1. The molecule has 0 bridgehead atoms. The first-order valence-electron chi connectivity index (χ1n) is 7.82. The Bertz CT molecular complexity index is 1050. The van der Waals surface area contributed by atoms with Gasteiger partial charge < -0.3 is 5.11 Å². The summed E-state index contributed by atoms with van der Waals surface area (Å²) in [5.74, 6) is -0.919. The summed E-state index contributed by atoms with van der Waals surface area (Å²) < 4.78 is 1.18. The zero-order chi connectivity index (χ0) is 16.7. The number of benzene rings is 2. The predicted molar refractivity (Wildman–Crippen MR) is 98.9 cm³/mol. The van der Waals surface area contributed by atoms with Crippen LogP contribution in [0.4, 0.5) is 0 Å². The number of rotatable bonds is 3. The van der Waals surface area contributed by atoms with Crippen LogP contribution >= 0.6 is 11.3 Å². The fourth-order valence-corrected chi connectivity index (χ4v) is 4.03. The maximum Gasteiger partial charge on any atom is 0.336 e. The molecule has 2 aromatic carbocycles. The van der Waals surface area contributed by atoms with Crippen LogP contribution in [0, 0.1) is 0 Å². The molecule has 0 aliphatic carbocycles. The molecule has 2 heterocycles. The summed E-state index contributed by atoms with van der Waals surface area (Å²) in [4.78, 5) is 17.5. The normalized spacial score (nSPS) is 11.2. The number of hydrogen-bond acceptors (Lipinski definition) is 3. The van der Waals surface area contributed by atoms with Gasteiger partial charge in [-0.15, -0.1) is 11.3 Å². The summed E-state index contributed by atoms with van der Waals surface area (Å²) in [5.41, 5.74) is 2.88. The van der Waals surface area contributed by atoms with Crippen molar-refractivity contribution < 1.29 is 9.90 Å². The van der Waals surface area contributed by atoms with Gasteiger partial charge in [-0.2, -0.15) is 0 Å². The Morgan fingerprint density at radius 2 is 1.96 bits per heavy atom. The van der Waals surface area contributed by atoms with E-state index < -0.39 is 5.97 Å². The molecule has 0 saturated carbocycles. The fourth-order valence-electron chi connectivity index (χ4n) is 3.00. The number of carboxylic acid groups (broad SMARTS) is 1. The number of thiophene rings is 1. The molecule has 0 spiro atoms. The Kier molecular flexibility index (Phi) is 3.54. The number of carbonyl (C=O) groups is 1. The summed E-state index contributed by atoms with van der Waals surface area (Å²) in [7, 11) is 0. The van der Waals surface area contributed by atoms with E-state index in [1.807, 2.05) is 30.3 Å². The molecule has 0 amide bonds. The summed E-state index contributed by atoms with van der Waals surface area (Å²) in [6.45, 7) is 2.06. The summed E-state index contributed by atoms with van der Waals surface area (Å²) in [6.07, 6.45) is 0.819. The number of nitrogens with zero attached hydrogens (tertiary/aromatic N) is 1. The average Bonchev–Trinajstić information content (AvgIpc) is 3.04. The Balaban J connectivity index is 2.03. The van der Waals surface area contributed by atoms with E-state index in [0.29, 0.717) is 10.9 Å². The standard InChI is InChI=1S/C20H15NO2S/c1-2-12-7-5-8-14-15(20(22)23)11-16(21-19(12)14)18-10-13-6-3-4-9-17(13)24-18/h3-11H,2H2,1H3,(H,22,23). The van der Waals surface area contributed by atoms with Gasteiger partial charge in [-0.25, -0.2) is 9.78 Å². The van der Waals surface area contributed by atoms with Crippen molar-refractivity contribution >= 4 is 38.3 Å². The highest BCUT2D eigenvalue weighted by Crippen LogP contribution is 2.34. The second kappa shape index (κ2) is 5.73. The summed E-state index contributed by atoms with van der Waals surface area (Å²) in [6, 6.07) is 17.7. The third-order valence-corrected chi connectivity index (χ3v) is 5.35. The van der Waals surface area contributed by atoms with E-state index in [1.54, 1.807) is 17.4 Å². The lowest BCUT2D eigenvalue weighted by Gasteiger charge is -2.09. The van der Waals surface area contributed by atoms with E-state index in [0.717, 1.165) is 33.5 Å². The average molecular weight is 333 g/mol. The SMILES string of the molecule is CCc1cccc2c(C(=O)O)cc(-c3cc4ccccc4s3)nc12. The second-order valence-corrected chi connectivity index (χ2v) is 6.76. The first kappa shape index (κ1) is 14.8. The van der Waals surface area contributed by atoms with Crippen LogP contribution in [0.15, 0.2) is 54.6 Å². The smallest absolute Gasteiger partial charge is 0.336 e. The molecule has 118 valence electrons. The minimum absolute atomic E-state index is 0.308. The first-order valence-corrected chi connectivity index (χ1v) is 8.64. The number of fused-ring (bicyclic) bond motifs is 2. The lowest BCUT2D eigenvalue weighted by Crippen LogP contribution is -2.01. The van der Waals surface area contributed by atoms with E-state index in [1.165, 1.54) is 4.70 Å². The number of aryl methyl sites for hydroxylation is 1. The van der Waals surface area contributed by atoms with Crippen molar-refractivity contribution in [3.05, 3.63) is 65.7 Å². The summed E-state index contributed by atoms with van der Waals surface area (Å²) >= 11 is 1.64.